The van der Waals surface area contributed by atoms with Gasteiger partial charge in [-0.3, -0.25) is 4.98 Å². The van der Waals surface area contributed by atoms with Gasteiger partial charge < -0.3 is 19.7 Å². The SMILES string of the molecule is O=C(O)c1ccc(Cl)c(-c2ccc([C@H]3[C@H](c4ccccn4)NC(=S)N3c3ccc(F)cc3)o2)c1. The van der Waals surface area contributed by atoms with Crippen LogP contribution in [-0.4, -0.2) is 21.2 Å². The number of furan rings is 1. The molecular weight excluding hydrogens is 477 g/mol. The fraction of sp³-hybridized carbons (Fsp3) is 0.0800. The molecule has 5 rings (SSSR count). The van der Waals surface area contributed by atoms with Gasteiger partial charge in [0.25, 0.3) is 0 Å². The number of anilines is 1. The highest BCUT2D eigenvalue weighted by Gasteiger charge is 2.42. The van der Waals surface area contributed by atoms with Gasteiger partial charge in [0, 0.05) is 17.4 Å². The third kappa shape index (κ3) is 4.02. The van der Waals surface area contributed by atoms with Gasteiger partial charge in [0.15, 0.2) is 5.11 Å². The Morgan fingerprint density at radius 2 is 1.91 bits per heavy atom. The minimum atomic E-state index is -1.06. The van der Waals surface area contributed by atoms with Crippen molar-refractivity contribution in [1.29, 1.82) is 0 Å². The number of nitrogens with zero attached hydrogens (tertiary/aromatic N) is 2. The lowest BCUT2D eigenvalue weighted by Gasteiger charge is -2.26. The summed E-state index contributed by atoms with van der Waals surface area (Å²) in [5, 5.41) is 13.5. The van der Waals surface area contributed by atoms with E-state index in [-0.39, 0.29) is 17.4 Å². The fourth-order valence-electron chi connectivity index (χ4n) is 4.03. The molecule has 0 radical (unpaired) electrons. The molecule has 2 aromatic carbocycles. The van der Waals surface area contributed by atoms with E-state index < -0.39 is 12.0 Å². The molecule has 0 saturated carbocycles. The van der Waals surface area contributed by atoms with Gasteiger partial charge in [0.05, 0.1) is 22.3 Å². The molecule has 0 unspecified atom stereocenters. The molecule has 3 heterocycles. The molecule has 34 heavy (non-hydrogen) atoms. The van der Waals surface area contributed by atoms with E-state index in [4.69, 9.17) is 28.2 Å². The van der Waals surface area contributed by atoms with Gasteiger partial charge in [-0.1, -0.05) is 17.7 Å². The molecule has 0 spiro atoms. The number of thiocarbonyl (C=S) groups is 1. The second kappa shape index (κ2) is 8.89. The summed E-state index contributed by atoms with van der Waals surface area (Å²) in [6.45, 7) is 0. The molecule has 1 saturated heterocycles. The molecule has 0 amide bonds. The maximum atomic E-state index is 13.6. The molecule has 1 aliphatic rings. The Labute approximate surface area is 204 Å². The van der Waals surface area contributed by atoms with Crippen LogP contribution in [0.15, 0.2) is 83.4 Å². The standard InChI is InChI=1S/C25H17ClFN3O3S/c26-18-9-4-14(24(31)32)13-17(18)20-10-11-21(33-20)23-22(19-3-1-2-12-28-19)29-25(34)30(23)16-7-5-15(27)6-8-16/h1-13,22-23H,(H,29,34)(H,31,32)/t22-,23-/m0/s1. The van der Waals surface area contributed by atoms with Gasteiger partial charge >= 0.3 is 5.97 Å². The number of halogens is 2. The molecule has 1 aliphatic heterocycles. The average molecular weight is 494 g/mol. The zero-order chi connectivity index (χ0) is 23.8. The van der Waals surface area contributed by atoms with Crippen molar-refractivity contribution in [1.82, 2.24) is 10.3 Å². The normalized spacial score (nSPS) is 17.6. The number of carboxylic acid groups (broad SMARTS) is 1. The first-order valence-corrected chi connectivity index (χ1v) is 11.1. The van der Waals surface area contributed by atoms with E-state index in [0.717, 1.165) is 5.69 Å². The van der Waals surface area contributed by atoms with Crippen LogP contribution in [0.25, 0.3) is 11.3 Å². The summed E-state index contributed by atoms with van der Waals surface area (Å²) in [5.41, 5.74) is 2.00. The summed E-state index contributed by atoms with van der Waals surface area (Å²) in [4.78, 5) is 17.8. The van der Waals surface area contributed by atoms with E-state index in [1.807, 2.05) is 23.1 Å². The van der Waals surface area contributed by atoms with Gasteiger partial charge in [-0.05, 0) is 78.9 Å². The van der Waals surface area contributed by atoms with Crippen LogP contribution in [0, 0.1) is 5.82 Å². The predicted molar refractivity (Wildman–Crippen MR) is 130 cm³/mol. The summed E-state index contributed by atoms with van der Waals surface area (Å²) in [6, 6.07) is 18.8. The van der Waals surface area contributed by atoms with Crippen molar-refractivity contribution >= 4 is 40.6 Å². The minimum Gasteiger partial charge on any atom is -0.478 e. The molecule has 6 nitrogen and oxygen atoms in total. The van der Waals surface area contributed by atoms with E-state index in [2.05, 4.69) is 10.3 Å². The van der Waals surface area contributed by atoms with Gasteiger partial charge in [0.2, 0.25) is 0 Å². The second-order valence-electron chi connectivity index (χ2n) is 7.67. The molecule has 2 atom stereocenters. The number of pyridine rings is 1. The molecular formula is C25H17ClFN3O3S. The van der Waals surface area contributed by atoms with Crippen LogP contribution in [0.4, 0.5) is 10.1 Å². The van der Waals surface area contributed by atoms with E-state index >= 15 is 0 Å². The lowest BCUT2D eigenvalue weighted by molar-refractivity contribution is 0.0697. The molecule has 2 aromatic heterocycles. The molecule has 4 aromatic rings. The summed E-state index contributed by atoms with van der Waals surface area (Å²) < 4.78 is 19.8. The number of carbonyl (C=O) groups is 1. The zero-order valence-electron chi connectivity index (χ0n) is 17.5. The third-order valence-corrected chi connectivity index (χ3v) is 6.24. The fourth-order valence-corrected chi connectivity index (χ4v) is 4.58. The van der Waals surface area contributed by atoms with Gasteiger partial charge in [0.1, 0.15) is 23.4 Å². The topological polar surface area (TPSA) is 78.6 Å². The van der Waals surface area contributed by atoms with Crippen LogP contribution in [-0.2, 0) is 0 Å². The highest BCUT2D eigenvalue weighted by atomic mass is 35.5. The maximum absolute atomic E-state index is 13.6. The van der Waals surface area contributed by atoms with Crippen molar-refractivity contribution in [2.24, 2.45) is 0 Å². The summed E-state index contributed by atoms with van der Waals surface area (Å²) in [5.74, 6) is -0.445. The summed E-state index contributed by atoms with van der Waals surface area (Å²) in [6.07, 6.45) is 1.70. The number of hydrogen-bond donors (Lipinski definition) is 2. The Balaban J connectivity index is 1.61. The Morgan fingerprint density at radius 1 is 1.12 bits per heavy atom. The summed E-state index contributed by atoms with van der Waals surface area (Å²) >= 11 is 12.0. The highest BCUT2D eigenvalue weighted by molar-refractivity contribution is 7.80. The number of aromatic nitrogens is 1. The van der Waals surface area contributed by atoms with E-state index in [1.165, 1.54) is 30.3 Å². The molecule has 1 fully saturated rings. The monoisotopic (exact) mass is 493 g/mol. The number of hydrogen-bond acceptors (Lipinski definition) is 4. The lowest BCUT2D eigenvalue weighted by Crippen LogP contribution is -2.29. The first-order valence-electron chi connectivity index (χ1n) is 10.3. The molecule has 0 aliphatic carbocycles. The molecule has 0 bridgehead atoms. The largest absolute Gasteiger partial charge is 0.478 e. The van der Waals surface area contributed by atoms with Crippen LogP contribution in [0.2, 0.25) is 5.02 Å². The van der Waals surface area contributed by atoms with Crippen LogP contribution in [0.3, 0.4) is 0 Å². The molecule has 170 valence electrons. The number of rotatable bonds is 5. The van der Waals surface area contributed by atoms with Gasteiger partial charge in [-0.2, -0.15) is 0 Å². The van der Waals surface area contributed by atoms with E-state index in [0.29, 0.717) is 32.9 Å². The van der Waals surface area contributed by atoms with Crippen molar-refractivity contribution < 1.29 is 18.7 Å². The number of aromatic carboxylic acids is 1. The Morgan fingerprint density at radius 3 is 2.62 bits per heavy atom. The van der Waals surface area contributed by atoms with Crippen molar-refractivity contribution in [3.63, 3.8) is 0 Å². The lowest BCUT2D eigenvalue weighted by atomic mass is 10.0. The summed E-state index contributed by atoms with van der Waals surface area (Å²) in [7, 11) is 0. The van der Waals surface area contributed by atoms with Crippen molar-refractivity contribution in [3.8, 4) is 11.3 Å². The van der Waals surface area contributed by atoms with Gasteiger partial charge in [-0.15, -0.1) is 0 Å². The van der Waals surface area contributed by atoms with Crippen LogP contribution < -0.4 is 10.2 Å². The number of nitrogens with one attached hydrogen (secondary N) is 1. The van der Waals surface area contributed by atoms with E-state index in [9.17, 15) is 14.3 Å². The van der Waals surface area contributed by atoms with Crippen molar-refractivity contribution in [3.05, 3.63) is 107 Å². The quantitative estimate of drug-likeness (QED) is 0.330. The van der Waals surface area contributed by atoms with Crippen molar-refractivity contribution in [2.75, 3.05) is 4.90 Å². The van der Waals surface area contributed by atoms with Crippen LogP contribution in [0.1, 0.15) is 33.9 Å². The van der Waals surface area contributed by atoms with Crippen molar-refractivity contribution in [2.45, 2.75) is 12.1 Å². The average Bonchev–Trinajstić information content (AvgIpc) is 3.45. The molecule has 9 heteroatoms. The minimum absolute atomic E-state index is 0.0976. The van der Waals surface area contributed by atoms with Crippen LogP contribution in [0.5, 0.6) is 0 Å². The van der Waals surface area contributed by atoms with Gasteiger partial charge in [-0.25, -0.2) is 9.18 Å². The maximum Gasteiger partial charge on any atom is 0.335 e. The predicted octanol–water partition coefficient (Wildman–Crippen LogP) is 6.01. The Kier molecular flexibility index (Phi) is 5.77. The van der Waals surface area contributed by atoms with E-state index in [1.54, 1.807) is 30.5 Å². The van der Waals surface area contributed by atoms with Crippen LogP contribution >= 0.6 is 23.8 Å². The Bertz CT molecular complexity index is 1380. The zero-order valence-corrected chi connectivity index (χ0v) is 19.1. The third-order valence-electron chi connectivity index (χ3n) is 5.60. The number of benzene rings is 2. The Hall–Kier alpha value is -3.75. The first kappa shape index (κ1) is 22.1. The number of carboxylic acids is 1. The molecule has 2 N–H and O–H groups in total. The second-order valence-corrected chi connectivity index (χ2v) is 8.47. The first-order chi connectivity index (χ1) is 16.4. The smallest absolute Gasteiger partial charge is 0.335 e. The highest BCUT2D eigenvalue weighted by Crippen LogP contribution is 2.43.